The summed E-state index contributed by atoms with van der Waals surface area (Å²) in [7, 11) is -3.66. The van der Waals surface area contributed by atoms with Gasteiger partial charge in [-0.2, -0.15) is 0 Å². The molecule has 2 N–H and O–H groups in total. The molecular formula is C17H19NO5S. The van der Waals surface area contributed by atoms with Gasteiger partial charge in [0.1, 0.15) is 5.75 Å². The third-order valence-corrected chi connectivity index (χ3v) is 5.05. The lowest BCUT2D eigenvalue weighted by Gasteiger charge is -2.26. The summed E-state index contributed by atoms with van der Waals surface area (Å²) in [6, 6.07) is 14.7. The van der Waals surface area contributed by atoms with Crippen molar-refractivity contribution in [2.45, 2.75) is 24.3 Å². The zero-order valence-electron chi connectivity index (χ0n) is 13.4. The first-order chi connectivity index (χ1) is 11.2. The molecule has 0 aliphatic heterocycles. The Kier molecular flexibility index (Phi) is 5.26. The highest BCUT2D eigenvalue weighted by Crippen LogP contribution is 2.25. The maximum absolute atomic E-state index is 12.5. The monoisotopic (exact) mass is 349 g/mol. The minimum atomic E-state index is -3.66. The molecule has 2 aromatic rings. The van der Waals surface area contributed by atoms with Crippen LogP contribution in [0, 0.1) is 0 Å². The molecule has 0 aliphatic carbocycles. The van der Waals surface area contributed by atoms with Crippen LogP contribution in [0.1, 0.15) is 19.4 Å². The van der Waals surface area contributed by atoms with Gasteiger partial charge in [0.25, 0.3) is 0 Å². The fourth-order valence-electron chi connectivity index (χ4n) is 2.17. The molecule has 0 amide bonds. The molecule has 0 saturated heterocycles. The molecule has 0 spiro atoms. The first-order valence-corrected chi connectivity index (χ1v) is 8.73. The molecule has 0 unspecified atom stereocenters. The number of ether oxygens (including phenoxy) is 1. The second-order valence-corrected chi connectivity index (χ2v) is 7.43. The van der Waals surface area contributed by atoms with Gasteiger partial charge in [-0.05, 0) is 43.7 Å². The van der Waals surface area contributed by atoms with Crippen LogP contribution in [-0.4, -0.2) is 26.1 Å². The van der Waals surface area contributed by atoms with E-state index in [-0.39, 0.29) is 4.90 Å². The number of benzene rings is 2. The molecular weight excluding hydrogens is 330 g/mol. The van der Waals surface area contributed by atoms with E-state index in [2.05, 4.69) is 4.72 Å². The molecule has 2 rings (SSSR count). The Balaban J connectivity index is 2.16. The van der Waals surface area contributed by atoms with Crippen LogP contribution in [0.25, 0.3) is 0 Å². The van der Waals surface area contributed by atoms with Crippen molar-refractivity contribution in [3.8, 4) is 5.75 Å². The number of aliphatic carboxylic acids is 1. The Labute approximate surface area is 141 Å². The van der Waals surface area contributed by atoms with E-state index in [0.717, 1.165) is 5.56 Å². The molecule has 0 fully saturated rings. The van der Waals surface area contributed by atoms with Gasteiger partial charge >= 0.3 is 5.97 Å². The van der Waals surface area contributed by atoms with E-state index in [1.807, 2.05) is 0 Å². The average molecular weight is 349 g/mol. The van der Waals surface area contributed by atoms with Gasteiger partial charge in [0, 0.05) is 0 Å². The normalized spacial score (nSPS) is 11.9. The van der Waals surface area contributed by atoms with Crippen LogP contribution in [0.5, 0.6) is 5.75 Å². The van der Waals surface area contributed by atoms with E-state index in [4.69, 9.17) is 9.84 Å². The number of sulfonamides is 1. The molecule has 0 heterocycles. The van der Waals surface area contributed by atoms with Gasteiger partial charge in [-0.15, -0.1) is 0 Å². The summed E-state index contributed by atoms with van der Waals surface area (Å²) in [6.07, 6.45) is 0. The molecule has 0 radical (unpaired) electrons. The highest BCUT2D eigenvalue weighted by molar-refractivity contribution is 7.89. The second-order valence-electron chi connectivity index (χ2n) is 5.75. The van der Waals surface area contributed by atoms with E-state index >= 15 is 0 Å². The first-order valence-electron chi connectivity index (χ1n) is 7.25. The molecule has 0 aromatic heterocycles. The smallest absolute Gasteiger partial charge is 0.341 e. The topological polar surface area (TPSA) is 92.7 Å². The first kappa shape index (κ1) is 18.0. The van der Waals surface area contributed by atoms with Gasteiger partial charge in [0.15, 0.2) is 6.61 Å². The zero-order chi connectivity index (χ0) is 17.8. The number of hydrogen-bond acceptors (Lipinski definition) is 4. The van der Waals surface area contributed by atoms with Gasteiger partial charge < -0.3 is 9.84 Å². The highest BCUT2D eigenvalue weighted by Gasteiger charge is 2.27. The van der Waals surface area contributed by atoms with Gasteiger partial charge in [-0.1, -0.05) is 30.3 Å². The van der Waals surface area contributed by atoms with E-state index in [9.17, 15) is 13.2 Å². The number of carboxylic acids is 1. The molecule has 0 aliphatic rings. The van der Waals surface area contributed by atoms with Crippen LogP contribution in [0.15, 0.2) is 59.5 Å². The van der Waals surface area contributed by atoms with Gasteiger partial charge in [-0.25, -0.2) is 17.9 Å². The van der Waals surface area contributed by atoms with Gasteiger partial charge in [0.05, 0.1) is 10.4 Å². The Morgan fingerprint density at radius 1 is 1.08 bits per heavy atom. The SMILES string of the molecule is CC(C)(NS(=O)(=O)c1ccccc1)c1ccc(OCC(=O)O)cc1. The fourth-order valence-corrected chi connectivity index (χ4v) is 3.59. The summed E-state index contributed by atoms with van der Waals surface area (Å²) in [6.45, 7) is 3.07. The average Bonchev–Trinajstić information content (AvgIpc) is 2.53. The number of rotatable bonds is 7. The minimum Gasteiger partial charge on any atom is -0.482 e. The van der Waals surface area contributed by atoms with E-state index in [0.29, 0.717) is 5.75 Å². The second kappa shape index (κ2) is 7.02. The van der Waals surface area contributed by atoms with Gasteiger partial charge in [0.2, 0.25) is 10.0 Å². The third-order valence-electron chi connectivity index (χ3n) is 3.38. The summed E-state index contributed by atoms with van der Waals surface area (Å²) in [4.78, 5) is 10.7. The molecule has 24 heavy (non-hydrogen) atoms. The molecule has 128 valence electrons. The van der Waals surface area contributed by atoms with Crippen molar-refractivity contribution in [3.63, 3.8) is 0 Å². The summed E-state index contributed by atoms with van der Waals surface area (Å²) in [5, 5.41) is 8.59. The summed E-state index contributed by atoms with van der Waals surface area (Å²) in [5.41, 5.74) is -0.121. The lowest BCUT2D eigenvalue weighted by Crippen LogP contribution is -2.40. The standard InChI is InChI=1S/C17H19NO5S/c1-17(2,18-24(21,22)15-6-4-3-5-7-15)13-8-10-14(11-9-13)23-12-16(19)20/h3-11,18H,12H2,1-2H3,(H,19,20). The number of carboxylic acid groups (broad SMARTS) is 1. The van der Waals surface area contributed by atoms with Crippen molar-refractivity contribution in [3.05, 3.63) is 60.2 Å². The van der Waals surface area contributed by atoms with Crippen LogP contribution in [0.4, 0.5) is 0 Å². The lowest BCUT2D eigenvalue weighted by atomic mass is 9.96. The van der Waals surface area contributed by atoms with E-state index in [1.165, 1.54) is 12.1 Å². The number of carbonyl (C=O) groups is 1. The van der Waals surface area contributed by atoms with Crippen LogP contribution < -0.4 is 9.46 Å². The Bertz CT molecular complexity index is 799. The fraction of sp³-hybridized carbons (Fsp3) is 0.235. The largest absolute Gasteiger partial charge is 0.482 e. The lowest BCUT2D eigenvalue weighted by molar-refractivity contribution is -0.139. The molecule has 0 saturated carbocycles. The van der Waals surface area contributed by atoms with Crippen molar-refractivity contribution in [1.82, 2.24) is 4.72 Å². The Hall–Kier alpha value is -2.38. The quantitative estimate of drug-likeness (QED) is 0.800. The highest BCUT2D eigenvalue weighted by atomic mass is 32.2. The van der Waals surface area contributed by atoms with Gasteiger partial charge in [-0.3, -0.25) is 0 Å². The van der Waals surface area contributed by atoms with Crippen LogP contribution in [0.2, 0.25) is 0 Å². The van der Waals surface area contributed by atoms with Crippen LogP contribution in [-0.2, 0) is 20.4 Å². The molecule has 0 atom stereocenters. The maximum Gasteiger partial charge on any atom is 0.341 e. The van der Waals surface area contributed by atoms with Crippen molar-refractivity contribution >= 4 is 16.0 Å². The number of hydrogen-bond donors (Lipinski definition) is 2. The number of nitrogens with one attached hydrogen (secondary N) is 1. The van der Waals surface area contributed by atoms with Crippen molar-refractivity contribution in [2.75, 3.05) is 6.61 Å². The van der Waals surface area contributed by atoms with Crippen molar-refractivity contribution < 1.29 is 23.1 Å². The Morgan fingerprint density at radius 3 is 2.21 bits per heavy atom. The van der Waals surface area contributed by atoms with Crippen LogP contribution >= 0.6 is 0 Å². The molecule has 6 nitrogen and oxygen atoms in total. The van der Waals surface area contributed by atoms with Crippen molar-refractivity contribution in [2.24, 2.45) is 0 Å². The predicted octanol–water partition coefficient (Wildman–Crippen LogP) is 2.36. The zero-order valence-corrected chi connectivity index (χ0v) is 14.2. The third kappa shape index (κ3) is 4.56. The minimum absolute atomic E-state index is 0.194. The maximum atomic E-state index is 12.5. The Morgan fingerprint density at radius 2 is 1.67 bits per heavy atom. The molecule has 7 heteroatoms. The summed E-state index contributed by atoms with van der Waals surface area (Å²) < 4.78 is 32.7. The predicted molar refractivity (Wildman–Crippen MR) is 89.4 cm³/mol. The summed E-state index contributed by atoms with van der Waals surface area (Å²) in [5.74, 6) is -0.655. The summed E-state index contributed by atoms with van der Waals surface area (Å²) >= 11 is 0. The molecule has 2 aromatic carbocycles. The molecule has 0 bridgehead atoms. The van der Waals surface area contributed by atoms with E-state index < -0.39 is 28.1 Å². The van der Waals surface area contributed by atoms with Crippen molar-refractivity contribution in [1.29, 1.82) is 0 Å². The van der Waals surface area contributed by atoms with E-state index in [1.54, 1.807) is 56.3 Å². The van der Waals surface area contributed by atoms with Crippen LogP contribution in [0.3, 0.4) is 0 Å².